The van der Waals surface area contributed by atoms with Crippen molar-refractivity contribution >= 4 is 11.7 Å². The number of carbonyl (C=O) groups excluding carboxylic acids is 2. The van der Waals surface area contributed by atoms with Gasteiger partial charge in [-0.15, -0.1) is 0 Å². The first-order chi connectivity index (χ1) is 6.74. The third kappa shape index (κ3) is 2.03. The number of rotatable bonds is 4. The van der Waals surface area contributed by atoms with Crippen molar-refractivity contribution in [3.8, 4) is 0 Å². The summed E-state index contributed by atoms with van der Waals surface area (Å²) in [6.07, 6.45) is 1.52. The largest absolute Gasteiger partial charge is 0.371 e. The molecule has 4 heteroatoms. The van der Waals surface area contributed by atoms with E-state index in [4.69, 9.17) is 4.74 Å². The summed E-state index contributed by atoms with van der Waals surface area (Å²) in [6, 6.07) is 0. The van der Waals surface area contributed by atoms with Gasteiger partial charge in [0.05, 0.1) is 6.54 Å². The molecule has 1 atom stereocenters. The highest BCUT2D eigenvalue weighted by molar-refractivity contribution is 6.06. The van der Waals surface area contributed by atoms with Gasteiger partial charge in [0.15, 0.2) is 11.6 Å². The standard InChI is InChI=1S/C10H15NO3/c1-3-4-5-11-6-9(14-2)10(13)8(11)7-12/h9H,3-6H2,1-2H3. The fraction of sp³-hybridized carbons (Fsp3) is 0.700. The number of Topliss-reactive ketones (excluding diaryl/α,β-unsaturated/α-hetero) is 1. The molecule has 1 heterocycles. The average molecular weight is 197 g/mol. The maximum Gasteiger partial charge on any atom is 0.220 e. The molecule has 78 valence electrons. The Hall–Kier alpha value is -1.12. The number of hydrogen-bond acceptors (Lipinski definition) is 4. The lowest BCUT2D eigenvalue weighted by atomic mass is 10.2. The molecule has 0 radical (unpaired) electrons. The van der Waals surface area contributed by atoms with E-state index in [1.54, 1.807) is 10.8 Å². The Labute approximate surface area is 83.5 Å². The smallest absolute Gasteiger partial charge is 0.220 e. The second-order valence-electron chi connectivity index (χ2n) is 3.34. The van der Waals surface area contributed by atoms with Crippen LogP contribution in [0.5, 0.6) is 0 Å². The number of methoxy groups -OCH3 is 1. The first-order valence-corrected chi connectivity index (χ1v) is 4.81. The number of hydrogen-bond donors (Lipinski definition) is 0. The minimum atomic E-state index is -0.483. The summed E-state index contributed by atoms with van der Waals surface area (Å²) in [7, 11) is 1.48. The van der Waals surface area contributed by atoms with Crippen molar-refractivity contribution in [2.45, 2.75) is 25.9 Å². The second kappa shape index (κ2) is 4.94. The van der Waals surface area contributed by atoms with Crippen molar-refractivity contribution in [1.29, 1.82) is 0 Å². The molecular formula is C10H15NO3. The van der Waals surface area contributed by atoms with Crippen molar-refractivity contribution in [2.24, 2.45) is 0 Å². The van der Waals surface area contributed by atoms with Crippen LogP contribution in [0.25, 0.3) is 0 Å². The van der Waals surface area contributed by atoms with Crippen LogP contribution in [0.4, 0.5) is 0 Å². The number of ether oxygens (including phenoxy) is 1. The van der Waals surface area contributed by atoms with Crippen molar-refractivity contribution in [3.63, 3.8) is 0 Å². The zero-order chi connectivity index (χ0) is 10.6. The molecule has 0 saturated carbocycles. The van der Waals surface area contributed by atoms with E-state index in [1.165, 1.54) is 7.11 Å². The van der Waals surface area contributed by atoms with Crippen molar-refractivity contribution in [3.05, 3.63) is 5.70 Å². The van der Waals surface area contributed by atoms with Crippen LogP contribution in [0, 0.1) is 0 Å². The normalized spacial score (nSPS) is 21.6. The fourth-order valence-corrected chi connectivity index (χ4v) is 1.53. The molecule has 1 unspecified atom stereocenters. The van der Waals surface area contributed by atoms with Crippen LogP contribution in [0.3, 0.4) is 0 Å². The lowest BCUT2D eigenvalue weighted by molar-refractivity contribution is -0.122. The van der Waals surface area contributed by atoms with Crippen LogP contribution in [0.2, 0.25) is 0 Å². The molecule has 0 amide bonds. The molecule has 0 spiro atoms. The highest BCUT2D eigenvalue weighted by Gasteiger charge is 2.36. The Balaban J connectivity index is 2.69. The maximum absolute atomic E-state index is 11.5. The summed E-state index contributed by atoms with van der Waals surface area (Å²) in [5, 5.41) is 0. The Morgan fingerprint density at radius 2 is 2.36 bits per heavy atom. The third-order valence-corrected chi connectivity index (χ3v) is 2.39. The van der Waals surface area contributed by atoms with Crippen molar-refractivity contribution in [1.82, 2.24) is 4.90 Å². The number of ketones is 1. The van der Waals surface area contributed by atoms with Gasteiger partial charge < -0.3 is 9.64 Å². The molecule has 0 bridgehead atoms. The van der Waals surface area contributed by atoms with Gasteiger partial charge in [0.1, 0.15) is 6.10 Å². The van der Waals surface area contributed by atoms with E-state index in [0.717, 1.165) is 19.4 Å². The summed E-state index contributed by atoms with van der Waals surface area (Å²) in [4.78, 5) is 23.8. The Bertz CT molecular complexity index is 269. The summed E-state index contributed by atoms with van der Waals surface area (Å²) in [5.74, 6) is 1.46. The van der Waals surface area contributed by atoms with E-state index in [1.807, 2.05) is 0 Å². The number of nitrogens with zero attached hydrogens (tertiary/aromatic N) is 1. The zero-order valence-electron chi connectivity index (χ0n) is 8.58. The zero-order valence-corrected chi connectivity index (χ0v) is 8.58. The van der Waals surface area contributed by atoms with Gasteiger partial charge in [0, 0.05) is 13.7 Å². The van der Waals surface area contributed by atoms with E-state index >= 15 is 0 Å². The third-order valence-electron chi connectivity index (χ3n) is 2.39. The van der Waals surface area contributed by atoms with Gasteiger partial charge in [-0.05, 0) is 6.42 Å². The predicted octanol–water partition coefficient (Wildman–Crippen LogP) is 0.402. The lowest BCUT2D eigenvalue weighted by Gasteiger charge is -2.15. The molecule has 14 heavy (non-hydrogen) atoms. The topological polar surface area (TPSA) is 46.6 Å². The Morgan fingerprint density at radius 1 is 1.64 bits per heavy atom. The van der Waals surface area contributed by atoms with Crippen LogP contribution in [-0.4, -0.2) is 42.9 Å². The van der Waals surface area contributed by atoms with E-state index < -0.39 is 6.10 Å². The maximum atomic E-state index is 11.5. The molecule has 4 nitrogen and oxygen atoms in total. The summed E-state index contributed by atoms with van der Waals surface area (Å²) < 4.78 is 4.97. The highest BCUT2D eigenvalue weighted by Crippen LogP contribution is 2.18. The molecule has 1 aliphatic heterocycles. The van der Waals surface area contributed by atoms with Gasteiger partial charge in [0.2, 0.25) is 5.78 Å². The molecule has 0 aliphatic carbocycles. The number of carbonyl (C=O) groups is 1. The van der Waals surface area contributed by atoms with Gasteiger partial charge >= 0.3 is 0 Å². The number of likely N-dealkylation sites (tertiary alicyclic amines) is 1. The average Bonchev–Trinajstić information content (AvgIpc) is 2.51. The minimum Gasteiger partial charge on any atom is -0.371 e. The van der Waals surface area contributed by atoms with Gasteiger partial charge in [-0.3, -0.25) is 4.79 Å². The highest BCUT2D eigenvalue weighted by atomic mass is 16.5. The fourth-order valence-electron chi connectivity index (χ4n) is 1.53. The van der Waals surface area contributed by atoms with Crippen LogP contribution in [0.15, 0.2) is 5.70 Å². The molecule has 0 aromatic heterocycles. The van der Waals surface area contributed by atoms with Crippen molar-refractivity contribution < 1.29 is 14.3 Å². The van der Waals surface area contributed by atoms with E-state index in [9.17, 15) is 9.59 Å². The lowest BCUT2D eigenvalue weighted by Crippen LogP contribution is -2.23. The van der Waals surface area contributed by atoms with Crippen LogP contribution < -0.4 is 0 Å². The summed E-state index contributed by atoms with van der Waals surface area (Å²) >= 11 is 0. The van der Waals surface area contributed by atoms with Gasteiger partial charge in [-0.25, -0.2) is 4.79 Å². The molecular weight excluding hydrogens is 182 g/mol. The molecule has 1 rings (SSSR count). The Morgan fingerprint density at radius 3 is 2.86 bits per heavy atom. The van der Waals surface area contributed by atoms with Gasteiger partial charge in [-0.1, -0.05) is 13.3 Å². The van der Waals surface area contributed by atoms with Crippen molar-refractivity contribution in [2.75, 3.05) is 20.2 Å². The number of unbranched alkanes of at least 4 members (excludes halogenated alkanes) is 1. The molecule has 0 N–H and O–H groups in total. The summed E-state index contributed by atoms with van der Waals surface area (Å²) in [5.41, 5.74) is 0.144. The SMILES string of the molecule is CCCCN1CC(OC)C(=O)C1=C=O. The quantitative estimate of drug-likeness (QED) is 0.483. The first-order valence-electron chi connectivity index (χ1n) is 4.81. The first kappa shape index (κ1) is 11.0. The summed E-state index contributed by atoms with van der Waals surface area (Å²) in [6.45, 7) is 3.28. The van der Waals surface area contributed by atoms with Crippen LogP contribution >= 0.6 is 0 Å². The van der Waals surface area contributed by atoms with Gasteiger partial charge in [0.25, 0.3) is 0 Å². The molecule has 0 aromatic carbocycles. The molecule has 1 saturated heterocycles. The van der Waals surface area contributed by atoms with E-state index in [0.29, 0.717) is 6.54 Å². The van der Waals surface area contributed by atoms with Gasteiger partial charge in [-0.2, -0.15) is 0 Å². The molecule has 1 aliphatic rings. The van der Waals surface area contributed by atoms with E-state index in [2.05, 4.69) is 6.92 Å². The Kier molecular flexibility index (Phi) is 3.86. The van der Waals surface area contributed by atoms with E-state index in [-0.39, 0.29) is 11.5 Å². The minimum absolute atomic E-state index is 0.144. The second-order valence-corrected chi connectivity index (χ2v) is 3.34. The van der Waals surface area contributed by atoms with Crippen LogP contribution in [0.1, 0.15) is 19.8 Å². The molecule has 1 fully saturated rings. The molecule has 0 aromatic rings. The predicted molar refractivity (Wildman–Crippen MR) is 51.5 cm³/mol. The van der Waals surface area contributed by atoms with Crippen LogP contribution in [-0.2, 0) is 14.3 Å². The monoisotopic (exact) mass is 197 g/mol.